The van der Waals surface area contributed by atoms with Crippen LogP contribution in [0, 0.1) is 5.75 Å². The lowest BCUT2D eigenvalue weighted by atomic mass is 10.1. The third kappa shape index (κ3) is 4.15. The second-order valence-corrected chi connectivity index (χ2v) is 4.22. The Morgan fingerprint density at radius 1 is 1.33 bits per heavy atom. The van der Waals surface area contributed by atoms with E-state index in [0.717, 1.165) is 6.54 Å². The summed E-state index contributed by atoms with van der Waals surface area (Å²) in [4.78, 5) is 4.38. The van der Waals surface area contributed by atoms with Crippen molar-refractivity contribution in [3.8, 4) is 0 Å². The van der Waals surface area contributed by atoms with Crippen LogP contribution in [-0.4, -0.2) is 11.6 Å². The van der Waals surface area contributed by atoms with E-state index in [1.54, 1.807) is 0 Å². The molecule has 1 aliphatic rings. The monoisotopic (exact) mass is 184 g/mol. The van der Waals surface area contributed by atoms with Crippen LogP contribution in [0.2, 0.25) is 0 Å². The van der Waals surface area contributed by atoms with Gasteiger partial charge in [-0.3, -0.25) is 4.99 Å². The third-order valence-corrected chi connectivity index (χ3v) is 2.98. The molecule has 1 heterocycles. The van der Waals surface area contributed by atoms with Gasteiger partial charge in [0.2, 0.25) is 0 Å². The Kier molecular flexibility index (Phi) is 5.50. The Labute approximate surface area is 80.0 Å². The molecule has 0 aromatic rings. The van der Waals surface area contributed by atoms with Gasteiger partial charge in [0.15, 0.2) is 0 Å². The first-order valence-electron chi connectivity index (χ1n) is 4.95. The average Bonchev–Trinajstić information content (AvgIpc) is 2.57. The minimum Gasteiger partial charge on any atom is -0.282 e. The van der Waals surface area contributed by atoms with Crippen molar-refractivity contribution in [1.29, 1.82) is 0 Å². The summed E-state index contributed by atoms with van der Waals surface area (Å²) in [6.45, 7) is 3.20. The molecule has 0 atom stereocenters. The normalized spacial score (nSPS) is 16.6. The fraction of sp³-hybridized carbons (Fsp3) is 0.800. The number of thioether (sulfide) groups is 1. The molecule has 0 saturated heterocycles. The van der Waals surface area contributed by atoms with Crippen molar-refractivity contribution in [2.24, 2.45) is 4.99 Å². The molecule has 0 bridgehead atoms. The van der Waals surface area contributed by atoms with E-state index in [9.17, 15) is 0 Å². The van der Waals surface area contributed by atoms with Crippen molar-refractivity contribution in [2.75, 3.05) is 6.54 Å². The molecule has 1 nitrogen and oxygen atoms in total. The Bertz CT molecular complexity index is 143. The number of nitrogens with zero attached hydrogens (tertiary/aromatic N) is 1. The lowest BCUT2D eigenvalue weighted by molar-refractivity contribution is 0.644. The first-order valence-corrected chi connectivity index (χ1v) is 5.83. The second-order valence-electron chi connectivity index (χ2n) is 3.18. The lowest BCUT2D eigenvalue weighted by Gasteiger charge is -1.99. The van der Waals surface area contributed by atoms with Crippen LogP contribution in [0.15, 0.2) is 4.99 Å². The van der Waals surface area contributed by atoms with Crippen LogP contribution >= 0.6 is 11.8 Å². The van der Waals surface area contributed by atoms with E-state index >= 15 is 0 Å². The van der Waals surface area contributed by atoms with Gasteiger partial charge in [-0.2, -0.15) is 0 Å². The summed E-state index contributed by atoms with van der Waals surface area (Å²) < 4.78 is 0. The molecule has 1 rings (SSSR count). The van der Waals surface area contributed by atoms with Crippen LogP contribution < -0.4 is 0 Å². The van der Waals surface area contributed by atoms with E-state index in [0.29, 0.717) is 0 Å². The number of aliphatic imine (C=N–C) groups is 1. The predicted octanol–water partition coefficient (Wildman–Crippen LogP) is 3.65. The summed E-state index contributed by atoms with van der Waals surface area (Å²) >= 11 is 1.83. The Morgan fingerprint density at radius 2 is 2.17 bits per heavy atom. The molecule has 12 heavy (non-hydrogen) atoms. The molecule has 0 spiro atoms. The summed E-state index contributed by atoms with van der Waals surface area (Å²) in [6.07, 6.45) is 8.06. The maximum atomic E-state index is 4.38. The average molecular weight is 184 g/mol. The molecule has 0 aromatic heterocycles. The molecule has 2 heteroatoms. The van der Waals surface area contributed by atoms with Gasteiger partial charge >= 0.3 is 0 Å². The quantitative estimate of drug-likeness (QED) is 0.574. The molecule has 1 aliphatic heterocycles. The van der Waals surface area contributed by atoms with E-state index < -0.39 is 0 Å². The van der Waals surface area contributed by atoms with Crippen LogP contribution in [0.5, 0.6) is 0 Å². The summed E-state index contributed by atoms with van der Waals surface area (Å²) in [5, 5.41) is 1.35. The molecule has 0 aromatic carbocycles. The lowest BCUT2D eigenvalue weighted by Crippen LogP contribution is -1.87. The van der Waals surface area contributed by atoms with Gasteiger partial charge in [-0.25, -0.2) is 0 Å². The Morgan fingerprint density at radius 3 is 2.83 bits per heavy atom. The number of unbranched alkanes of at least 4 members (excludes halogenated alkanes) is 4. The van der Waals surface area contributed by atoms with Gasteiger partial charge < -0.3 is 0 Å². The first-order chi connectivity index (χ1) is 5.93. The number of rotatable bonds is 6. The van der Waals surface area contributed by atoms with Crippen LogP contribution in [0.1, 0.15) is 45.4 Å². The minimum atomic E-state index is 0.939. The highest BCUT2D eigenvalue weighted by Crippen LogP contribution is 2.20. The maximum Gasteiger partial charge on any atom is 0.0680 e. The van der Waals surface area contributed by atoms with Crippen LogP contribution in [-0.2, 0) is 0 Å². The third-order valence-electron chi connectivity index (χ3n) is 2.06. The van der Waals surface area contributed by atoms with E-state index in [1.807, 2.05) is 11.8 Å². The summed E-state index contributed by atoms with van der Waals surface area (Å²) in [5.74, 6) is 2.18. The fourth-order valence-electron chi connectivity index (χ4n) is 1.33. The molecule has 0 saturated carbocycles. The van der Waals surface area contributed by atoms with Gasteiger partial charge in [0.05, 0.1) is 11.6 Å². The van der Waals surface area contributed by atoms with Gasteiger partial charge in [-0.1, -0.05) is 32.6 Å². The van der Waals surface area contributed by atoms with Gasteiger partial charge in [0.25, 0.3) is 0 Å². The zero-order chi connectivity index (χ0) is 8.65. The summed E-state index contributed by atoms with van der Waals surface area (Å²) in [6, 6.07) is 0. The topological polar surface area (TPSA) is 12.4 Å². The predicted molar refractivity (Wildman–Crippen MR) is 57.6 cm³/mol. The van der Waals surface area contributed by atoms with Gasteiger partial charge in [-0.05, 0) is 12.8 Å². The second kappa shape index (κ2) is 6.53. The highest BCUT2D eigenvalue weighted by atomic mass is 32.2. The van der Waals surface area contributed by atoms with Gasteiger partial charge in [0.1, 0.15) is 0 Å². The van der Waals surface area contributed by atoms with Gasteiger partial charge in [-0.15, -0.1) is 11.8 Å². The van der Waals surface area contributed by atoms with E-state index in [-0.39, 0.29) is 0 Å². The molecule has 0 N–H and O–H groups in total. The molecule has 0 unspecified atom stereocenters. The number of hydrogen-bond donors (Lipinski definition) is 0. The molecule has 0 fully saturated rings. The standard InChI is InChI=1S/C10H18NS/c1-2-3-4-5-6-7-10-11-8-9-12-10/h9H,2-8H2,1H3. The van der Waals surface area contributed by atoms with E-state index in [1.165, 1.54) is 43.6 Å². The van der Waals surface area contributed by atoms with E-state index in [4.69, 9.17) is 0 Å². The van der Waals surface area contributed by atoms with Crippen molar-refractivity contribution in [1.82, 2.24) is 0 Å². The van der Waals surface area contributed by atoms with Crippen molar-refractivity contribution >= 4 is 16.8 Å². The highest BCUT2D eigenvalue weighted by Gasteiger charge is 2.05. The maximum absolute atomic E-state index is 4.38. The highest BCUT2D eigenvalue weighted by molar-refractivity contribution is 8.15. The van der Waals surface area contributed by atoms with Crippen molar-refractivity contribution in [3.05, 3.63) is 5.75 Å². The zero-order valence-corrected chi connectivity index (χ0v) is 8.70. The van der Waals surface area contributed by atoms with Crippen LogP contribution in [0.25, 0.3) is 0 Å². The number of hydrogen-bond acceptors (Lipinski definition) is 2. The molecular formula is C10H18NS. The summed E-state index contributed by atoms with van der Waals surface area (Å²) in [7, 11) is 0. The zero-order valence-electron chi connectivity index (χ0n) is 7.88. The molecule has 0 aliphatic carbocycles. The summed E-state index contributed by atoms with van der Waals surface area (Å²) in [5.41, 5.74) is 0. The van der Waals surface area contributed by atoms with Crippen LogP contribution in [0.4, 0.5) is 0 Å². The Hall–Kier alpha value is 0.0200. The fourth-order valence-corrected chi connectivity index (χ4v) is 2.08. The molecule has 69 valence electrons. The van der Waals surface area contributed by atoms with Crippen molar-refractivity contribution < 1.29 is 0 Å². The molecular weight excluding hydrogens is 166 g/mol. The van der Waals surface area contributed by atoms with E-state index in [2.05, 4.69) is 17.7 Å². The minimum absolute atomic E-state index is 0.939. The largest absolute Gasteiger partial charge is 0.282 e. The van der Waals surface area contributed by atoms with Crippen molar-refractivity contribution in [2.45, 2.75) is 45.4 Å². The van der Waals surface area contributed by atoms with Crippen molar-refractivity contribution in [3.63, 3.8) is 0 Å². The SMILES string of the molecule is CCCCCCCC1=NC[CH]S1. The molecule has 0 amide bonds. The molecule has 1 radical (unpaired) electrons. The van der Waals surface area contributed by atoms with Crippen LogP contribution in [0.3, 0.4) is 0 Å². The first kappa shape index (κ1) is 10.1. The van der Waals surface area contributed by atoms with Gasteiger partial charge in [0, 0.05) is 5.75 Å². The Balaban J connectivity index is 1.88. The smallest absolute Gasteiger partial charge is 0.0680 e.